The van der Waals surface area contributed by atoms with Crippen molar-refractivity contribution in [2.24, 2.45) is 0 Å². The largest absolute Gasteiger partial charge is 0.379 e. The second kappa shape index (κ2) is 6.38. The van der Waals surface area contributed by atoms with E-state index in [1.807, 2.05) is 6.07 Å². The Balaban J connectivity index is 2.12. The predicted octanol–water partition coefficient (Wildman–Crippen LogP) is 2.91. The standard InChI is InChI=1S/C13H21N3OS/c1-4-5-14-11-6-12(18-10-7-17-8-10)16-13(15-11)9(2)3/h6,9-10H,4-5,7-8H2,1-3H3,(H,14,15,16). The lowest BCUT2D eigenvalue weighted by Crippen LogP contribution is -2.30. The quantitative estimate of drug-likeness (QED) is 0.803. The van der Waals surface area contributed by atoms with Crippen LogP contribution in [0.2, 0.25) is 0 Å². The van der Waals surface area contributed by atoms with E-state index < -0.39 is 0 Å². The van der Waals surface area contributed by atoms with Crippen LogP contribution >= 0.6 is 11.8 Å². The fourth-order valence-electron chi connectivity index (χ4n) is 1.56. The van der Waals surface area contributed by atoms with E-state index in [4.69, 9.17) is 4.74 Å². The zero-order valence-electron chi connectivity index (χ0n) is 11.3. The van der Waals surface area contributed by atoms with Crippen LogP contribution in [0.4, 0.5) is 5.82 Å². The predicted molar refractivity (Wildman–Crippen MR) is 75.4 cm³/mol. The van der Waals surface area contributed by atoms with Gasteiger partial charge in [-0.3, -0.25) is 0 Å². The van der Waals surface area contributed by atoms with Gasteiger partial charge in [0.05, 0.1) is 18.5 Å². The summed E-state index contributed by atoms with van der Waals surface area (Å²) in [4.78, 5) is 9.17. The SMILES string of the molecule is CCCNc1cc(SC2COC2)nc(C(C)C)n1. The van der Waals surface area contributed by atoms with Crippen LogP contribution in [0.25, 0.3) is 0 Å². The molecule has 5 heteroatoms. The minimum atomic E-state index is 0.352. The molecule has 1 aliphatic rings. The van der Waals surface area contributed by atoms with Crippen molar-refractivity contribution in [1.29, 1.82) is 0 Å². The number of rotatable bonds is 6. The van der Waals surface area contributed by atoms with Gasteiger partial charge in [0.1, 0.15) is 16.7 Å². The first kappa shape index (κ1) is 13.6. The molecule has 100 valence electrons. The van der Waals surface area contributed by atoms with Crippen LogP contribution in [0.3, 0.4) is 0 Å². The zero-order chi connectivity index (χ0) is 13.0. The molecule has 0 spiro atoms. The van der Waals surface area contributed by atoms with Gasteiger partial charge in [-0.15, -0.1) is 0 Å². The molecule has 0 aliphatic carbocycles. The van der Waals surface area contributed by atoms with Gasteiger partial charge in [-0.05, 0) is 6.42 Å². The zero-order valence-corrected chi connectivity index (χ0v) is 12.1. The summed E-state index contributed by atoms with van der Waals surface area (Å²) >= 11 is 1.79. The molecule has 0 radical (unpaired) electrons. The number of anilines is 1. The molecule has 2 rings (SSSR count). The van der Waals surface area contributed by atoms with Gasteiger partial charge >= 0.3 is 0 Å². The summed E-state index contributed by atoms with van der Waals surface area (Å²) in [6, 6.07) is 2.05. The number of hydrogen-bond acceptors (Lipinski definition) is 5. The van der Waals surface area contributed by atoms with Crippen molar-refractivity contribution in [3.63, 3.8) is 0 Å². The summed E-state index contributed by atoms with van der Waals surface area (Å²) in [5, 5.41) is 4.95. The lowest BCUT2D eigenvalue weighted by Gasteiger charge is -2.25. The van der Waals surface area contributed by atoms with Gasteiger partial charge < -0.3 is 10.1 Å². The van der Waals surface area contributed by atoms with Crippen LogP contribution in [0.15, 0.2) is 11.1 Å². The van der Waals surface area contributed by atoms with Crippen molar-refractivity contribution in [2.75, 3.05) is 25.1 Å². The number of nitrogens with one attached hydrogen (secondary N) is 1. The maximum atomic E-state index is 5.20. The molecule has 1 aromatic heterocycles. The van der Waals surface area contributed by atoms with Gasteiger partial charge in [0.2, 0.25) is 0 Å². The highest BCUT2D eigenvalue weighted by Gasteiger charge is 2.21. The van der Waals surface area contributed by atoms with Crippen molar-refractivity contribution in [3.05, 3.63) is 11.9 Å². The molecule has 2 heterocycles. The average Bonchev–Trinajstić information content (AvgIpc) is 2.31. The van der Waals surface area contributed by atoms with Crippen LogP contribution in [0.1, 0.15) is 38.9 Å². The maximum absolute atomic E-state index is 5.20. The first-order valence-corrected chi connectivity index (χ1v) is 7.44. The Kier molecular flexibility index (Phi) is 4.83. The van der Waals surface area contributed by atoms with Gasteiger partial charge in [-0.25, -0.2) is 9.97 Å². The molecule has 18 heavy (non-hydrogen) atoms. The van der Waals surface area contributed by atoms with Crippen molar-refractivity contribution >= 4 is 17.6 Å². The highest BCUT2D eigenvalue weighted by Crippen LogP contribution is 2.28. The minimum absolute atomic E-state index is 0.352. The minimum Gasteiger partial charge on any atom is -0.379 e. The van der Waals surface area contributed by atoms with E-state index in [1.54, 1.807) is 11.8 Å². The van der Waals surface area contributed by atoms with E-state index in [-0.39, 0.29) is 0 Å². The summed E-state index contributed by atoms with van der Waals surface area (Å²) < 4.78 is 5.20. The number of hydrogen-bond donors (Lipinski definition) is 1. The molecule has 4 nitrogen and oxygen atoms in total. The second-order valence-corrected chi connectivity index (χ2v) is 6.13. The molecule has 0 atom stereocenters. The second-order valence-electron chi connectivity index (χ2n) is 4.81. The van der Waals surface area contributed by atoms with Gasteiger partial charge in [0.25, 0.3) is 0 Å². The Hall–Kier alpha value is -0.810. The van der Waals surface area contributed by atoms with Crippen LogP contribution in [-0.2, 0) is 4.74 Å². The Morgan fingerprint density at radius 1 is 1.44 bits per heavy atom. The molecule has 0 unspecified atom stereocenters. The monoisotopic (exact) mass is 267 g/mol. The summed E-state index contributed by atoms with van der Waals surface area (Å²) in [7, 11) is 0. The molecule has 1 aliphatic heterocycles. The summed E-state index contributed by atoms with van der Waals surface area (Å²) in [5.74, 6) is 2.21. The van der Waals surface area contributed by atoms with E-state index in [9.17, 15) is 0 Å². The molecule has 1 saturated heterocycles. The number of aromatic nitrogens is 2. The summed E-state index contributed by atoms with van der Waals surface area (Å²) in [6.07, 6.45) is 1.10. The number of ether oxygens (including phenoxy) is 1. The number of nitrogens with zero attached hydrogens (tertiary/aromatic N) is 2. The van der Waals surface area contributed by atoms with Crippen molar-refractivity contribution < 1.29 is 4.74 Å². The first-order chi connectivity index (χ1) is 8.69. The Bertz CT molecular complexity index is 394. The molecule has 0 aromatic carbocycles. The van der Waals surface area contributed by atoms with Crippen LogP contribution in [-0.4, -0.2) is 35.0 Å². The third-order valence-corrected chi connectivity index (χ3v) is 3.74. The molecule has 0 saturated carbocycles. The summed E-state index contributed by atoms with van der Waals surface area (Å²) in [6.45, 7) is 9.02. The smallest absolute Gasteiger partial charge is 0.134 e. The van der Waals surface area contributed by atoms with E-state index in [0.29, 0.717) is 11.2 Å². The van der Waals surface area contributed by atoms with Gasteiger partial charge in [0, 0.05) is 18.5 Å². The molecule has 1 N–H and O–H groups in total. The fourth-order valence-corrected chi connectivity index (χ4v) is 2.55. The Morgan fingerprint density at radius 3 is 2.78 bits per heavy atom. The van der Waals surface area contributed by atoms with E-state index in [0.717, 1.165) is 42.8 Å². The maximum Gasteiger partial charge on any atom is 0.134 e. The van der Waals surface area contributed by atoms with Crippen molar-refractivity contribution in [3.8, 4) is 0 Å². The molecule has 1 aromatic rings. The van der Waals surface area contributed by atoms with E-state index in [2.05, 4.69) is 36.1 Å². The Morgan fingerprint density at radius 2 is 2.22 bits per heavy atom. The average molecular weight is 267 g/mol. The molecule has 0 amide bonds. The first-order valence-electron chi connectivity index (χ1n) is 6.56. The van der Waals surface area contributed by atoms with Crippen LogP contribution in [0, 0.1) is 0 Å². The molecular formula is C13H21N3OS. The van der Waals surface area contributed by atoms with E-state index in [1.165, 1.54) is 0 Å². The van der Waals surface area contributed by atoms with Crippen LogP contribution < -0.4 is 5.32 Å². The van der Waals surface area contributed by atoms with Crippen LogP contribution in [0.5, 0.6) is 0 Å². The highest BCUT2D eigenvalue weighted by molar-refractivity contribution is 8.00. The molecule has 0 bridgehead atoms. The molecule has 1 fully saturated rings. The topological polar surface area (TPSA) is 47.0 Å². The van der Waals surface area contributed by atoms with Gasteiger partial charge in [0.15, 0.2) is 0 Å². The molecular weight excluding hydrogens is 246 g/mol. The number of thioether (sulfide) groups is 1. The van der Waals surface area contributed by atoms with E-state index >= 15 is 0 Å². The summed E-state index contributed by atoms with van der Waals surface area (Å²) in [5.41, 5.74) is 0. The fraction of sp³-hybridized carbons (Fsp3) is 0.692. The lowest BCUT2D eigenvalue weighted by molar-refractivity contribution is 0.0454. The van der Waals surface area contributed by atoms with Gasteiger partial charge in [-0.1, -0.05) is 32.5 Å². The Labute approximate surface area is 113 Å². The third-order valence-electron chi connectivity index (χ3n) is 2.69. The third kappa shape index (κ3) is 3.59. The van der Waals surface area contributed by atoms with Crippen molar-refractivity contribution in [2.45, 2.75) is 43.4 Å². The highest BCUT2D eigenvalue weighted by atomic mass is 32.2. The van der Waals surface area contributed by atoms with Gasteiger partial charge in [-0.2, -0.15) is 0 Å². The normalized spacial score (nSPS) is 15.8. The van der Waals surface area contributed by atoms with Crippen molar-refractivity contribution in [1.82, 2.24) is 9.97 Å². The lowest BCUT2D eigenvalue weighted by atomic mass is 10.2.